The molecule has 4 rings (SSSR count). The lowest BCUT2D eigenvalue weighted by atomic mass is 10.2. The number of sulfonamides is 1. The Kier molecular flexibility index (Phi) is 6.01. The van der Waals surface area contributed by atoms with Gasteiger partial charge in [-0.15, -0.1) is 0 Å². The normalized spacial score (nSPS) is 14.8. The highest BCUT2D eigenvalue weighted by Crippen LogP contribution is 2.23. The first-order valence-electron chi connectivity index (χ1n) is 10.1. The van der Waals surface area contributed by atoms with E-state index in [-0.39, 0.29) is 16.1 Å². The van der Waals surface area contributed by atoms with Gasteiger partial charge in [0.05, 0.1) is 27.3 Å². The van der Waals surface area contributed by atoms with Crippen LogP contribution in [0.5, 0.6) is 0 Å². The Morgan fingerprint density at radius 3 is 2.47 bits per heavy atom. The number of aromatic nitrogens is 2. The first-order valence-corrected chi connectivity index (χ1v) is 11.5. The number of rotatable bonds is 6. The number of piperidine rings is 1. The third-order valence-electron chi connectivity index (χ3n) is 5.21. The van der Waals surface area contributed by atoms with E-state index < -0.39 is 20.9 Å². The summed E-state index contributed by atoms with van der Waals surface area (Å²) in [6, 6.07) is 11.9. The highest BCUT2D eigenvalue weighted by atomic mass is 32.2. The zero-order chi connectivity index (χ0) is 22.7. The lowest BCUT2D eigenvalue weighted by Gasteiger charge is -2.26. The van der Waals surface area contributed by atoms with Gasteiger partial charge in [-0.2, -0.15) is 9.40 Å². The van der Waals surface area contributed by atoms with Crippen molar-refractivity contribution in [3.8, 4) is 5.69 Å². The first-order chi connectivity index (χ1) is 15.3. The van der Waals surface area contributed by atoms with E-state index in [2.05, 4.69) is 10.4 Å². The Balaban J connectivity index is 1.49. The van der Waals surface area contributed by atoms with E-state index in [4.69, 9.17) is 0 Å². The van der Waals surface area contributed by atoms with Crippen LogP contribution < -0.4 is 5.32 Å². The molecule has 2 heterocycles. The molecule has 0 bridgehead atoms. The number of anilines is 1. The fourth-order valence-electron chi connectivity index (χ4n) is 3.50. The van der Waals surface area contributed by atoms with Crippen molar-refractivity contribution < 1.29 is 18.1 Å². The lowest BCUT2D eigenvalue weighted by molar-refractivity contribution is -0.384. The summed E-state index contributed by atoms with van der Waals surface area (Å²) in [5, 5.41) is 17.6. The van der Waals surface area contributed by atoms with Crippen molar-refractivity contribution in [2.45, 2.75) is 24.2 Å². The molecule has 1 amide bonds. The molecule has 0 atom stereocenters. The number of benzene rings is 2. The summed E-state index contributed by atoms with van der Waals surface area (Å²) in [7, 11) is -3.61. The van der Waals surface area contributed by atoms with E-state index >= 15 is 0 Å². The minimum atomic E-state index is -3.61. The number of nitrogens with one attached hydrogen (secondary N) is 1. The van der Waals surface area contributed by atoms with Crippen molar-refractivity contribution in [3.05, 3.63) is 76.6 Å². The maximum atomic E-state index is 12.9. The average molecular weight is 455 g/mol. The van der Waals surface area contributed by atoms with Crippen LogP contribution in [-0.4, -0.2) is 46.4 Å². The van der Waals surface area contributed by atoms with Crippen LogP contribution in [0.25, 0.3) is 5.69 Å². The fraction of sp³-hybridized carbons (Fsp3) is 0.238. The number of hydrogen-bond donors (Lipinski definition) is 1. The van der Waals surface area contributed by atoms with Crippen molar-refractivity contribution in [1.82, 2.24) is 14.1 Å². The van der Waals surface area contributed by atoms with Gasteiger partial charge in [-0.25, -0.2) is 13.1 Å². The van der Waals surface area contributed by atoms with Crippen LogP contribution in [0.15, 0.2) is 65.8 Å². The molecular formula is C21H21N5O5S. The molecule has 0 saturated carbocycles. The van der Waals surface area contributed by atoms with E-state index in [9.17, 15) is 23.3 Å². The summed E-state index contributed by atoms with van der Waals surface area (Å²) in [6.45, 7) is 1.00. The van der Waals surface area contributed by atoms with E-state index in [1.54, 1.807) is 12.1 Å². The summed E-state index contributed by atoms with van der Waals surface area (Å²) in [5.41, 5.74) is 1.13. The first kappa shape index (κ1) is 21.7. The standard InChI is InChI=1S/C21H21N5O5S/c27-21(16-14-22-25(15-16)18-7-9-19(10-8-18)26(28)29)23-17-5-4-6-20(13-17)32(30,31)24-11-2-1-3-12-24/h4-10,13-15H,1-3,11-12H2,(H,23,27). The SMILES string of the molecule is O=C(Nc1cccc(S(=O)(=O)N2CCCCC2)c1)c1cnn(-c2ccc([N+](=O)[O-])cc2)c1. The molecule has 0 spiro atoms. The van der Waals surface area contributed by atoms with Gasteiger partial charge in [0, 0.05) is 37.1 Å². The number of nitro benzene ring substituents is 1. The largest absolute Gasteiger partial charge is 0.322 e. The van der Waals surface area contributed by atoms with E-state index in [0.29, 0.717) is 24.5 Å². The number of non-ortho nitro benzene ring substituents is 1. The highest BCUT2D eigenvalue weighted by molar-refractivity contribution is 7.89. The van der Waals surface area contributed by atoms with Crippen LogP contribution in [-0.2, 0) is 10.0 Å². The second kappa shape index (κ2) is 8.89. The number of nitro groups is 1. The highest BCUT2D eigenvalue weighted by Gasteiger charge is 2.26. The van der Waals surface area contributed by atoms with Crippen LogP contribution in [0.1, 0.15) is 29.6 Å². The van der Waals surface area contributed by atoms with Gasteiger partial charge in [-0.1, -0.05) is 12.5 Å². The molecule has 2 aromatic carbocycles. The van der Waals surface area contributed by atoms with Gasteiger partial charge in [0.1, 0.15) is 0 Å². The number of hydrogen-bond acceptors (Lipinski definition) is 6. The molecule has 1 aromatic heterocycles. The molecular weight excluding hydrogens is 434 g/mol. The molecule has 3 aromatic rings. The zero-order valence-corrected chi connectivity index (χ0v) is 17.9. The topological polar surface area (TPSA) is 127 Å². The van der Waals surface area contributed by atoms with Gasteiger partial charge in [0.2, 0.25) is 10.0 Å². The minimum absolute atomic E-state index is 0.0433. The Bertz CT molecular complexity index is 1250. The fourth-order valence-corrected chi connectivity index (χ4v) is 5.06. The molecule has 11 heteroatoms. The summed E-state index contributed by atoms with van der Waals surface area (Å²) in [5.74, 6) is -0.453. The minimum Gasteiger partial charge on any atom is -0.322 e. The van der Waals surface area contributed by atoms with E-state index in [1.807, 2.05) is 0 Å². The molecule has 10 nitrogen and oxygen atoms in total. The number of nitrogens with zero attached hydrogens (tertiary/aromatic N) is 4. The number of carbonyl (C=O) groups excluding carboxylic acids is 1. The Labute approximate surface area is 184 Å². The molecule has 1 N–H and O–H groups in total. The van der Waals surface area contributed by atoms with Gasteiger partial charge < -0.3 is 5.32 Å². The third kappa shape index (κ3) is 4.53. The summed E-state index contributed by atoms with van der Waals surface area (Å²) in [4.78, 5) is 23.1. The van der Waals surface area contributed by atoms with Gasteiger partial charge in [0.25, 0.3) is 11.6 Å². The molecule has 0 radical (unpaired) electrons. The smallest absolute Gasteiger partial charge is 0.269 e. The maximum Gasteiger partial charge on any atom is 0.269 e. The van der Waals surface area contributed by atoms with Gasteiger partial charge in [-0.05, 0) is 43.2 Å². The van der Waals surface area contributed by atoms with Crippen molar-refractivity contribution in [1.29, 1.82) is 0 Å². The van der Waals surface area contributed by atoms with Crippen molar-refractivity contribution >= 4 is 27.3 Å². The van der Waals surface area contributed by atoms with E-state index in [0.717, 1.165) is 19.3 Å². The Morgan fingerprint density at radius 1 is 1.06 bits per heavy atom. The van der Waals surface area contributed by atoms with Crippen molar-refractivity contribution in [2.24, 2.45) is 0 Å². The summed E-state index contributed by atoms with van der Waals surface area (Å²) in [6.07, 6.45) is 5.56. The lowest BCUT2D eigenvalue weighted by Crippen LogP contribution is -2.35. The van der Waals surface area contributed by atoms with Crippen molar-refractivity contribution in [2.75, 3.05) is 18.4 Å². The zero-order valence-electron chi connectivity index (χ0n) is 17.0. The Hall–Kier alpha value is -3.57. The molecule has 1 fully saturated rings. The van der Waals surface area contributed by atoms with Gasteiger partial charge in [0.15, 0.2) is 0 Å². The quantitative estimate of drug-likeness (QED) is 0.449. The molecule has 0 unspecified atom stereocenters. The summed E-state index contributed by atoms with van der Waals surface area (Å²) >= 11 is 0. The van der Waals surface area contributed by atoms with Crippen LogP contribution >= 0.6 is 0 Å². The second-order valence-electron chi connectivity index (χ2n) is 7.39. The van der Waals surface area contributed by atoms with Crippen molar-refractivity contribution in [3.63, 3.8) is 0 Å². The molecule has 32 heavy (non-hydrogen) atoms. The van der Waals surface area contributed by atoms with Crippen LogP contribution in [0.2, 0.25) is 0 Å². The predicted octanol–water partition coefficient (Wildman–Crippen LogP) is 3.21. The number of amides is 1. The molecule has 1 saturated heterocycles. The van der Waals surface area contributed by atoms with Crippen LogP contribution in [0.4, 0.5) is 11.4 Å². The second-order valence-corrected chi connectivity index (χ2v) is 9.33. The molecule has 1 aliphatic heterocycles. The Morgan fingerprint density at radius 2 is 1.78 bits per heavy atom. The monoisotopic (exact) mass is 455 g/mol. The van der Waals surface area contributed by atoms with Gasteiger partial charge >= 0.3 is 0 Å². The van der Waals surface area contributed by atoms with Crippen LogP contribution in [0, 0.1) is 10.1 Å². The maximum absolute atomic E-state index is 12.9. The number of carbonyl (C=O) groups is 1. The third-order valence-corrected chi connectivity index (χ3v) is 7.11. The predicted molar refractivity (Wildman–Crippen MR) is 117 cm³/mol. The average Bonchev–Trinajstić information content (AvgIpc) is 3.30. The summed E-state index contributed by atoms with van der Waals surface area (Å²) < 4.78 is 28.7. The van der Waals surface area contributed by atoms with Gasteiger partial charge in [-0.3, -0.25) is 14.9 Å². The van der Waals surface area contributed by atoms with Crippen LogP contribution in [0.3, 0.4) is 0 Å². The molecule has 1 aliphatic rings. The molecule has 0 aliphatic carbocycles. The molecule has 166 valence electrons. The van der Waals surface area contributed by atoms with E-state index in [1.165, 1.54) is 57.8 Å².